The Labute approximate surface area is 363 Å². The average Bonchev–Trinajstić information content (AvgIpc) is 3.62. The van der Waals surface area contributed by atoms with Crippen LogP contribution in [0.4, 0.5) is 0 Å². The van der Waals surface area contributed by atoms with Crippen LogP contribution in [0.5, 0.6) is 0 Å². The van der Waals surface area contributed by atoms with Crippen LogP contribution in [0.15, 0.2) is 107 Å². The van der Waals surface area contributed by atoms with Gasteiger partial charge in [0.2, 0.25) is 0 Å². The molecule has 2 unspecified atom stereocenters. The number of allylic oxidation sites excluding steroid dienone is 4. The van der Waals surface area contributed by atoms with E-state index in [0.717, 1.165) is 0 Å². The molecule has 0 aliphatic heterocycles. The monoisotopic (exact) mass is 834 g/mol. The van der Waals surface area contributed by atoms with E-state index in [1.165, 1.54) is 139 Å². The van der Waals surface area contributed by atoms with E-state index in [2.05, 4.69) is 176 Å². The first-order valence-electron chi connectivity index (χ1n) is 23.3. The molecule has 0 bridgehead atoms. The van der Waals surface area contributed by atoms with Gasteiger partial charge in [-0.3, -0.25) is 0 Å². The smallest absolute Gasteiger partial charge is 0.0928 e. The van der Waals surface area contributed by atoms with Gasteiger partial charge < -0.3 is 0 Å². The van der Waals surface area contributed by atoms with Crippen molar-refractivity contribution in [2.24, 2.45) is 5.92 Å². The van der Waals surface area contributed by atoms with Gasteiger partial charge in [-0.2, -0.15) is 0 Å². The maximum Gasteiger partial charge on any atom is 0.138 e. The minimum absolute atomic E-state index is 0.0343. The summed E-state index contributed by atoms with van der Waals surface area (Å²) in [5, 5.41) is 0. The van der Waals surface area contributed by atoms with Gasteiger partial charge in [-0.1, -0.05) is 233 Å². The van der Waals surface area contributed by atoms with Gasteiger partial charge in [0.05, 0.1) is 5.41 Å². The first-order chi connectivity index (χ1) is 27.8. The molecule has 58 heavy (non-hydrogen) atoms. The van der Waals surface area contributed by atoms with Gasteiger partial charge in [0.25, 0.3) is 0 Å². The van der Waals surface area contributed by atoms with Crippen molar-refractivity contribution in [3.8, 4) is 11.1 Å². The van der Waals surface area contributed by atoms with Gasteiger partial charge in [0.15, 0.2) is 0 Å². The highest BCUT2D eigenvalue weighted by atomic mass is 79.9. The van der Waals surface area contributed by atoms with E-state index >= 15 is 0 Å². The fourth-order valence-corrected chi connectivity index (χ4v) is 11.6. The Morgan fingerprint density at radius 3 is 1.59 bits per heavy atom. The van der Waals surface area contributed by atoms with Crippen molar-refractivity contribution in [3.63, 3.8) is 0 Å². The number of hydrogen-bond donors (Lipinski definition) is 0. The second-order valence-electron chi connectivity index (χ2n) is 20.6. The minimum atomic E-state index is -0.326. The lowest BCUT2D eigenvalue weighted by Crippen LogP contribution is -2.35. The van der Waals surface area contributed by atoms with E-state index in [1.54, 1.807) is 16.7 Å². The molecule has 0 nitrogen and oxygen atoms in total. The van der Waals surface area contributed by atoms with Crippen molar-refractivity contribution >= 4 is 23.8 Å². The average molecular weight is 836 g/mol. The summed E-state index contributed by atoms with van der Waals surface area (Å²) >= 11 is 3.99. The lowest BCUT2D eigenvalue weighted by atomic mass is 9.61. The largest absolute Gasteiger partial charge is 0.138 e. The molecule has 4 aromatic carbocycles. The van der Waals surface area contributed by atoms with E-state index < -0.39 is 0 Å². The van der Waals surface area contributed by atoms with Crippen LogP contribution < -0.4 is 0 Å². The molecule has 0 N–H and O–H groups in total. The van der Waals surface area contributed by atoms with Gasteiger partial charge in [-0.25, -0.2) is 0 Å². The molecule has 2 atom stereocenters. The molecular formula is C56H72BBr. The molecule has 0 saturated carbocycles. The number of halogens is 1. The van der Waals surface area contributed by atoms with Crippen LogP contribution in [0.25, 0.3) is 11.1 Å². The summed E-state index contributed by atoms with van der Waals surface area (Å²) in [6, 6.07) is 32.5. The summed E-state index contributed by atoms with van der Waals surface area (Å²) in [6.07, 6.45) is 26.1. The third-order valence-corrected chi connectivity index (χ3v) is 15.0. The Morgan fingerprint density at radius 1 is 0.569 bits per heavy atom. The molecular weight excluding hydrogens is 763 g/mol. The maximum atomic E-state index is 3.99. The van der Waals surface area contributed by atoms with Crippen molar-refractivity contribution in [3.05, 3.63) is 152 Å². The van der Waals surface area contributed by atoms with Crippen LogP contribution in [0.2, 0.25) is 0 Å². The number of hydrogen-bond acceptors (Lipinski definition) is 0. The van der Waals surface area contributed by atoms with Crippen molar-refractivity contribution in [1.82, 2.24) is 0 Å². The van der Waals surface area contributed by atoms with Gasteiger partial charge >= 0.3 is 0 Å². The molecule has 7 rings (SSSR count). The SMILES string of the molecule is BC1=CC2C(C=C1)c1cc3c(cc1C2(c1ccc(C(C)(C)C)cc1)c1ccc(C(C)(C)C)cc1)-c1ccc(Br)cc1C3(CCCCCCCC)CCCCCCCC. The van der Waals surface area contributed by atoms with Crippen LogP contribution in [0.1, 0.15) is 196 Å². The van der Waals surface area contributed by atoms with Crippen LogP contribution in [0.3, 0.4) is 0 Å². The Bertz CT molecular complexity index is 2020. The van der Waals surface area contributed by atoms with Gasteiger partial charge in [-0.05, 0) is 97.5 Å². The number of unbranched alkanes of at least 4 members (excludes halogenated alkanes) is 10. The topological polar surface area (TPSA) is 0 Å². The molecule has 0 fully saturated rings. The number of fused-ring (bicyclic) bond motifs is 6. The van der Waals surface area contributed by atoms with Crippen molar-refractivity contribution in [2.75, 3.05) is 0 Å². The van der Waals surface area contributed by atoms with E-state index in [4.69, 9.17) is 0 Å². The van der Waals surface area contributed by atoms with Crippen molar-refractivity contribution < 1.29 is 0 Å². The molecule has 0 saturated heterocycles. The highest BCUT2D eigenvalue weighted by Gasteiger charge is 2.55. The highest BCUT2D eigenvalue weighted by molar-refractivity contribution is 9.10. The van der Waals surface area contributed by atoms with Gasteiger partial charge in [0, 0.05) is 21.7 Å². The Hall–Kier alpha value is -3.10. The zero-order valence-electron chi connectivity index (χ0n) is 37.7. The molecule has 0 amide bonds. The minimum Gasteiger partial charge on any atom is -0.0928 e. The molecule has 3 aliphatic carbocycles. The standard InChI is InChI=1S/C56H72BBr/c1-9-11-13-15-17-19-33-55(34-20-18-16-14-12-10-2)49-36-44(58)30-32-45(49)47-38-52-48(37-50(47)55)46-31-29-43(57)35-51(46)56(52,41-25-21-39(22-26-41)53(3,4)5)42-27-23-40(24-28-42)54(6,7)8/h21-32,35-38,46,51H,9-20,33-34,57H2,1-8H3. The Kier molecular flexibility index (Phi) is 13.0. The highest BCUT2D eigenvalue weighted by Crippen LogP contribution is 2.64. The van der Waals surface area contributed by atoms with E-state index in [9.17, 15) is 0 Å². The van der Waals surface area contributed by atoms with Crippen LogP contribution in [-0.4, -0.2) is 7.85 Å². The second-order valence-corrected chi connectivity index (χ2v) is 21.5. The summed E-state index contributed by atoms with van der Waals surface area (Å²) in [5.74, 6) is 0.594. The molecule has 306 valence electrons. The Balaban J connectivity index is 1.46. The maximum absolute atomic E-state index is 3.99. The molecule has 0 radical (unpaired) electrons. The summed E-state index contributed by atoms with van der Waals surface area (Å²) in [4.78, 5) is 0. The molecule has 0 aromatic heterocycles. The summed E-state index contributed by atoms with van der Waals surface area (Å²) in [5.41, 5.74) is 16.1. The Morgan fingerprint density at radius 2 is 1.07 bits per heavy atom. The number of benzene rings is 4. The van der Waals surface area contributed by atoms with Crippen LogP contribution in [-0.2, 0) is 21.7 Å². The van der Waals surface area contributed by atoms with E-state index in [0.29, 0.717) is 5.92 Å². The third-order valence-electron chi connectivity index (χ3n) is 14.5. The normalized spacial score (nSPS) is 18.7. The molecule has 0 heterocycles. The second kappa shape index (κ2) is 17.5. The number of rotatable bonds is 16. The fraction of sp³-hybridized carbons (Fsp3) is 0.500. The van der Waals surface area contributed by atoms with E-state index in [1.807, 2.05) is 0 Å². The summed E-state index contributed by atoms with van der Waals surface area (Å²) in [6.45, 7) is 18.7. The molecule has 2 heteroatoms. The lowest BCUT2D eigenvalue weighted by Gasteiger charge is -2.40. The van der Waals surface area contributed by atoms with Crippen molar-refractivity contribution in [1.29, 1.82) is 0 Å². The van der Waals surface area contributed by atoms with Crippen LogP contribution >= 0.6 is 15.9 Å². The third kappa shape index (κ3) is 8.07. The predicted octanol–water partition coefficient (Wildman–Crippen LogP) is 15.9. The van der Waals surface area contributed by atoms with Crippen molar-refractivity contribution in [2.45, 2.75) is 173 Å². The molecule has 3 aliphatic rings. The first kappa shape index (κ1) is 43.0. The first-order valence-corrected chi connectivity index (χ1v) is 24.1. The van der Waals surface area contributed by atoms with E-state index in [-0.39, 0.29) is 27.6 Å². The fourth-order valence-electron chi connectivity index (χ4n) is 11.2. The zero-order chi connectivity index (χ0) is 41.3. The zero-order valence-corrected chi connectivity index (χ0v) is 39.3. The van der Waals surface area contributed by atoms with Crippen LogP contribution in [0, 0.1) is 5.92 Å². The molecule has 0 spiro atoms. The van der Waals surface area contributed by atoms with Gasteiger partial charge in [-0.15, -0.1) is 0 Å². The summed E-state index contributed by atoms with van der Waals surface area (Å²) < 4.78 is 1.21. The quantitative estimate of drug-likeness (QED) is 0.0779. The lowest BCUT2D eigenvalue weighted by molar-refractivity contribution is 0.397. The predicted molar refractivity (Wildman–Crippen MR) is 259 cm³/mol. The summed E-state index contributed by atoms with van der Waals surface area (Å²) in [7, 11) is 2.31. The van der Waals surface area contributed by atoms with Gasteiger partial charge in [0.1, 0.15) is 7.85 Å². The molecule has 4 aromatic rings.